The van der Waals surface area contributed by atoms with E-state index in [4.69, 9.17) is 4.98 Å². The number of nitrogens with zero attached hydrogens (tertiary/aromatic N) is 2. The lowest BCUT2D eigenvalue weighted by molar-refractivity contribution is 0.542. The Bertz CT molecular complexity index is 1380. The van der Waals surface area contributed by atoms with E-state index in [1.54, 1.807) is 0 Å². The van der Waals surface area contributed by atoms with E-state index in [-0.39, 0.29) is 0 Å². The molecule has 2 saturated carbocycles. The summed E-state index contributed by atoms with van der Waals surface area (Å²) in [6.45, 7) is 2.13. The normalized spacial score (nSPS) is 30.3. The summed E-state index contributed by atoms with van der Waals surface area (Å²) in [5.74, 6) is 3.90. The minimum atomic E-state index is 0.384. The smallest absolute Gasteiger partial charge is 0.124 e. The number of rotatable bonds is 5. The van der Waals surface area contributed by atoms with E-state index in [1.807, 2.05) is 6.20 Å². The highest BCUT2D eigenvalue weighted by molar-refractivity contribution is 5.72. The van der Waals surface area contributed by atoms with Crippen LogP contribution in [0.1, 0.15) is 55.1 Å². The minimum absolute atomic E-state index is 0.384. The molecule has 8 rings (SSSR count). The lowest BCUT2D eigenvalue weighted by atomic mass is 10.0. The molecule has 4 unspecified atom stereocenters. The molecule has 2 saturated heterocycles. The van der Waals surface area contributed by atoms with Gasteiger partial charge in [0.1, 0.15) is 11.6 Å². The van der Waals surface area contributed by atoms with Crippen LogP contribution in [0.4, 0.5) is 0 Å². The zero-order valence-corrected chi connectivity index (χ0v) is 19.9. The molecule has 176 valence electrons. The summed E-state index contributed by atoms with van der Waals surface area (Å²) >= 11 is 0. The summed E-state index contributed by atoms with van der Waals surface area (Å²) in [6, 6.07) is 19.8. The maximum absolute atomic E-state index is 4.97. The average Bonchev–Trinajstić information content (AvgIpc) is 3.47. The van der Waals surface area contributed by atoms with Gasteiger partial charge in [0.15, 0.2) is 0 Å². The molecule has 0 bridgehead atoms. The van der Waals surface area contributed by atoms with Gasteiger partial charge in [0.2, 0.25) is 0 Å². The number of H-pyrrole nitrogens is 2. The molecule has 35 heavy (non-hydrogen) atoms. The fourth-order valence-electron chi connectivity index (χ4n) is 6.32. The summed E-state index contributed by atoms with van der Waals surface area (Å²) in [5, 5.41) is 7.37. The topological polar surface area (TPSA) is 81.4 Å². The van der Waals surface area contributed by atoms with Gasteiger partial charge in [-0.1, -0.05) is 48.5 Å². The second-order valence-electron chi connectivity index (χ2n) is 11.0. The van der Waals surface area contributed by atoms with E-state index in [9.17, 15) is 0 Å². The summed E-state index contributed by atoms with van der Waals surface area (Å²) in [4.78, 5) is 16.7. The molecule has 0 amide bonds. The predicted molar refractivity (Wildman–Crippen MR) is 137 cm³/mol. The quantitative estimate of drug-likeness (QED) is 0.325. The Labute approximate surface area is 205 Å². The number of nitrogens with one attached hydrogen (secondary N) is 4. The average molecular weight is 463 g/mol. The van der Waals surface area contributed by atoms with Gasteiger partial charge in [-0.05, 0) is 61.1 Å². The zero-order valence-electron chi connectivity index (χ0n) is 19.9. The van der Waals surface area contributed by atoms with Crippen LogP contribution in [0.15, 0.2) is 54.7 Å². The van der Waals surface area contributed by atoms with Crippen molar-refractivity contribution in [2.75, 3.05) is 0 Å². The van der Waals surface area contributed by atoms with Gasteiger partial charge in [0.25, 0.3) is 0 Å². The standard InChI is InChI=1S/C29H30N6/c1-15-27(35-29(31-15)25-13-21-11-23(21)33-25)19-8-4-17(5-9-19)16-2-6-18(7-3-16)26-14-30-28(34-26)24-12-20-10-22(20)32-24/h2-9,14,20-25,32-33H,10-13H2,1H3,(H,30,34)(H,31,35)/t20?,21?,22?,23?,24-,25-/m0/s1. The van der Waals surface area contributed by atoms with Crippen LogP contribution in [0.3, 0.4) is 0 Å². The van der Waals surface area contributed by atoms with Crippen LogP contribution in [-0.4, -0.2) is 32.0 Å². The summed E-state index contributed by atoms with van der Waals surface area (Å²) < 4.78 is 0. The number of hydrogen-bond donors (Lipinski definition) is 4. The molecule has 2 aromatic heterocycles. The van der Waals surface area contributed by atoms with Crippen molar-refractivity contribution in [3.63, 3.8) is 0 Å². The highest BCUT2D eigenvalue weighted by Gasteiger charge is 2.47. The number of fused-ring (bicyclic) bond motifs is 2. The van der Waals surface area contributed by atoms with Crippen molar-refractivity contribution in [3.05, 3.63) is 72.1 Å². The second-order valence-corrected chi connectivity index (χ2v) is 11.0. The van der Waals surface area contributed by atoms with Crippen LogP contribution in [0.25, 0.3) is 33.6 Å². The van der Waals surface area contributed by atoms with Gasteiger partial charge in [0, 0.05) is 23.3 Å². The molecule has 4 aliphatic rings. The molecule has 0 spiro atoms. The Balaban J connectivity index is 0.987. The van der Waals surface area contributed by atoms with Gasteiger partial charge < -0.3 is 20.6 Å². The zero-order chi connectivity index (χ0) is 23.1. The van der Waals surface area contributed by atoms with Gasteiger partial charge in [0.05, 0.1) is 29.7 Å². The van der Waals surface area contributed by atoms with Gasteiger partial charge >= 0.3 is 0 Å². The Morgan fingerprint density at radius 3 is 1.83 bits per heavy atom. The number of aryl methyl sites for hydroxylation is 1. The van der Waals surface area contributed by atoms with Crippen molar-refractivity contribution in [2.24, 2.45) is 11.8 Å². The molecule has 6 atom stereocenters. The molecule has 2 aromatic carbocycles. The van der Waals surface area contributed by atoms with E-state index in [1.165, 1.54) is 42.4 Å². The first kappa shape index (κ1) is 20.0. The third-order valence-electron chi connectivity index (χ3n) is 8.60. The molecule has 4 aromatic rings. The maximum Gasteiger partial charge on any atom is 0.124 e. The molecule has 2 aliphatic heterocycles. The van der Waals surface area contributed by atoms with Gasteiger partial charge in [-0.25, -0.2) is 9.97 Å². The lowest BCUT2D eigenvalue weighted by Crippen LogP contribution is -2.18. The molecule has 4 N–H and O–H groups in total. The molecular formula is C29H30N6. The first-order chi connectivity index (χ1) is 17.2. The van der Waals surface area contributed by atoms with Crippen molar-refractivity contribution in [2.45, 2.75) is 56.8 Å². The molecule has 2 aliphatic carbocycles. The lowest BCUT2D eigenvalue weighted by Gasteiger charge is -2.09. The van der Waals surface area contributed by atoms with Crippen molar-refractivity contribution < 1.29 is 0 Å². The fraction of sp³-hybridized carbons (Fsp3) is 0.379. The molecule has 6 heteroatoms. The monoisotopic (exact) mass is 462 g/mol. The third kappa shape index (κ3) is 3.46. The summed E-state index contributed by atoms with van der Waals surface area (Å²) in [7, 11) is 0. The predicted octanol–water partition coefficient (Wildman–Crippen LogP) is 5.29. The summed E-state index contributed by atoms with van der Waals surface area (Å²) in [6.07, 6.45) is 7.07. The van der Waals surface area contributed by atoms with Gasteiger partial charge in [-0.3, -0.25) is 0 Å². The van der Waals surface area contributed by atoms with Crippen molar-refractivity contribution in [1.29, 1.82) is 0 Å². The summed E-state index contributed by atoms with van der Waals surface area (Å²) in [5.41, 5.74) is 8.05. The number of piperidine rings is 2. The van der Waals surface area contributed by atoms with Crippen molar-refractivity contribution in [3.8, 4) is 33.6 Å². The Morgan fingerprint density at radius 2 is 1.23 bits per heavy atom. The number of benzene rings is 2. The van der Waals surface area contributed by atoms with Crippen molar-refractivity contribution >= 4 is 0 Å². The second kappa shape index (κ2) is 7.39. The SMILES string of the molecule is Cc1[nH]c([C@@H]2CC3CC3N2)nc1-c1ccc(-c2ccc(-c3cnc([C@@H]4CC5CC5N4)[nH]3)cc2)cc1. The molecule has 0 radical (unpaired) electrons. The van der Waals surface area contributed by atoms with E-state index in [2.05, 4.69) is 81.0 Å². The fourth-order valence-corrected chi connectivity index (χ4v) is 6.32. The number of aromatic nitrogens is 4. The van der Waals surface area contributed by atoms with E-state index < -0.39 is 0 Å². The molecule has 4 fully saturated rings. The van der Waals surface area contributed by atoms with Gasteiger partial charge in [-0.15, -0.1) is 0 Å². The number of aromatic amines is 2. The van der Waals surface area contributed by atoms with Crippen LogP contribution >= 0.6 is 0 Å². The third-order valence-corrected chi connectivity index (χ3v) is 8.60. The minimum Gasteiger partial charge on any atom is -0.344 e. The van der Waals surface area contributed by atoms with Crippen LogP contribution in [0.5, 0.6) is 0 Å². The number of hydrogen-bond acceptors (Lipinski definition) is 4. The van der Waals surface area contributed by atoms with E-state index in [0.717, 1.165) is 58.2 Å². The van der Waals surface area contributed by atoms with Crippen LogP contribution in [0.2, 0.25) is 0 Å². The van der Waals surface area contributed by atoms with E-state index in [0.29, 0.717) is 12.1 Å². The van der Waals surface area contributed by atoms with Crippen LogP contribution in [-0.2, 0) is 0 Å². The first-order valence-electron chi connectivity index (χ1n) is 13.0. The largest absolute Gasteiger partial charge is 0.344 e. The molecule has 6 nitrogen and oxygen atoms in total. The Kier molecular flexibility index (Phi) is 4.23. The molecule has 4 heterocycles. The van der Waals surface area contributed by atoms with Gasteiger partial charge in [-0.2, -0.15) is 0 Å². The highest BCUT2D eigenvalue weighted by Crippen LogP contribution is 2.46. The first-order valence-corrected chi connectivity index (χ1v) is 13.0. The number of imidazole rings is 2. The molecular weight excluding hydrogens is 432 g/mol. The maximum atomic E-state index is 4.97. The van der Waals surface area contributed by atoms with Crippen LogP contribution in [0, 0.1) is 18.8 Å². The Morgan fingerprint density at radius 1 is 0.657 bits per heavy atom. The van der Waals surface area contributed by atoms with E-state index >= 15 is 0 Å². The Hall–Kier alpha value is -3.22. The van der Waals surface area contributed by atoms with Crippen molar-refractivity contribution in [1.82, 2.24) is 30.6 Å². The van der Waals surface area contributed by atoms with Crippen LogP contribution < -0.4 is 10.6 Å². The highest BCUT2D eigenvalue weighted by atomic mass is 15.1.